The third-order valence-corrected chi connectivity index (χ3v) is 3.83. The Labute approximate surface area is 112 Å². The number of hydrogen-bond acceptors (Lipinski definition) is 2. The van der Waals surface area contributed by atoms with Gasteiger partial charge >= 0.3 is 5.97 Å². The van der Waals surface area contributed by atoms with Gasteiger partial charge in [-0.15, -0.1) is 0 Å². The average molecular weight is 258 g/mol. The zero-order valence-corrected chi connectivity index (χ0v) is 11.4. The lowest BCUT2D eigenvalue weighted by molar-refractivity contribution is -0.138. The Morgan fingerprint density at radius 1 is 1.47 bits per heavy atom. The van der Waals surface area contributed by atoms with E-state index < -0.39 is 5.97 Å². The van der Waals surface area contributed by atoms with Gasteiger partial charge in [0.1, 0.15) is 5.82 Å². The Balaban J connectivity index is 2.13. The van der Waals surface area contributed by atoms with E-state index in [1.54, 1.807) is 0 Å². The number of fused-ring (bicyclic) bond motifs is 1. The van der Waals surface area contributed by atoms with E-state index in [1.165, 1.54) is 5.56 Å². The normalized spacial score (nSPS) is 22.1. The second kappa shape index (κ2) is 4.08. The number of aryl methyl sites for hydroxylation is 1. The van der Waals surface area contributed by atoms with E-state index in [1.807, 2.05) is 6.92 Å². The largest absolute Gasteiger partial charge is 0.481 e. The van der Waals surface area contributed by atoms with E-state index in [9.17, 15) is 4.79 Å². The van der Waals surface area contributed by atoms with Crippen molar-refractivity contribution >= 4 is 17.0 Å². The summed E-state index contributed by atoms with van der Waals surface area (Å²) in [6.07, 6.45) is 0.713. The Morgan fingerprint density at radius 3 is 2.79 bits per heavy atom. The fourth-order valence-corrected chi connectivity index (χ4v) is 2.78. The highest BCUT2D eigenvalue weighted by Gasteiger charge is 2.47. The third-order valence-electron chi connectivity index (χ3n) is 3.83. The van der Waals surface area contributed by atoms with Gasteiger partial charge in [-0.05, 0) is 44.9 Å². The van der Waals surface area contributed by atoms with Crippen molar-refractivity contribution in [1.82, 2.24) is 9.55 Å². The smallest absolute Gasteiger partial charge is 0.307 e. The van der Waals surface area contributed by atoms with Crippen LogP contribution >= 0.6 is 0 Å². The maximum absolute atomic E-state index is 11.1. The van der Waals surface area contributed by atoms with E-state index in [-0.39, 0.29) is 17.9 Å². The molecule has 1 fully saturated rings. The number of aliphatic carboxylic acids is 1. The first-order chi connectivity index (χ1) is 8.99. The lowest BCUT2D eigenvalue weighted by Gasteiger charge is -2.12. The van der Waals surface area contributed by atoms with E-state index in [0.29, 0.717) is 6.42 Å². The van der Waals surface area contributed by atoms with Crippen molar-refractivity contribution in [3.63, 3.8) is 0 Å². The van der Waals surface area contributed by atoms with E-state index in [4.69, 9.17) is 5.11 Å². The summed E-state index contributed by atoms with van der Waals surface area (Å²) in [6.45, 7) is 6.27. The number of carboxylic acids is 1. The van der Waals surface area contributed by atoms with Gasteiger partial charge in [0.2, 0.25) is 0 Å². The van der Waals surface area contributed by atoms with Gasteiger partial charge in [0.25, 0.3) is 0 Å². The highest BCUT2D eigenvalue weighted by molar-refractivity contribution is 5.79. The summed E-state index contributed by atoms with van der Waals surface area (Å²) in [5, 5.41) is 9.10. The molecule has 3 rings (SSSR count). The lowest BCUT2D eigenvalue weighted by Crippen LogP contribution is -2.08. The molecule has 1 aliphatic rings. The number of rotatable bonds is 3. The Hall–Kier alpha value is -1.84. The van der Waals surface area contributed by atoms with Gasteiger partial charge in [0, 0.05) is 12.0 Å². The van der Waals surface area contributed by atoms with Gasteiger partial charge in [0.05, 0.1) is 17.0 Å². The highest BCUT2D eigenvalue weighted by Crippen LogP contribution is 2.48. The van der Waals surface area contributed by atoms with Gasteiger partial charge in [0.15, 0.2) is 0 Å². The van der Waals surface area contributed by atoms with Crippen LogP contribution in [0.15, 0.2) is 18.2 Å². The maximum atomic E-state index is 11.1. The molecule has 0 amide bonds. The van der Waals surface area contributed by atoms with Crippen LogP contribution in [0.4, 0.5) is 0 Å². The molecule has 1 aliphatic carbocycles. The topological polar surface area (TPSA) is 55.1 Å². The molecule has 1 heterocycles. The minimum absolute atomic E-state index is 0.0765. The summed E-state index contributed by atoms with van der Waals surface area (Å²) in [7, 11) is 0. The van der Waals surface area contributed by atoms with Crippen molar-refractivity contribution in [3.8, 4) is 0 Å². The van der Waals surface area contributed by atoms with E-state index in [2.05, 4.69) is 41.6 Å². The molecule has 1 aromatic heterocycles. The fourth-order valence-electron chi connectivity index (χ4n) is 2.78. The van der Waals surface area contributed by atoms with Crippen molar-refractivity contribution in [3.05, 3.63) is 29.6 Å². The first-order valence-corrected chi connectivity index (χ1v) is 6.70. The number of imidazole rings is 1. The minimum atomic E-state index is -0.705. The first-order valence-electron chi connectivity index (χ1n) is 6.70. The summed E-state index contributed by atoms with van der Waals surface area (Å²) in [5.74, 6) is 0.0505. The van der Waals surface area contributed by atoms with Crippen LogP contribution < -0.4 is 0 Å². The predicted molar refractivity (Wildman–Crippen MR) is 73.3 cm³/mol. The Morgan fingerprint density at radius 2 is 2.21 bits per heavy atom. The Bertz CT molecular complexity index is 657. The van der Waals surface area contributed by atoms with Crippen molar-refractivity contribution in [1.29, 1.82) is 0 Å². The summed E-state index contributed by atoms with van der Waals surface area (Å²) >= 11 is 0. The number of carboxylic acid groups (broad SMARTS) is 1. The van der Waals surface area contributed by atoms with E-state index in [0.717, 1.165) is 16.9 Å². The van der Waals surface area contributed by atoms with Gasteiger partial charge in [-0.25, -0.2) is 4.98 Å². The van der Waals surface area contributed by atoms with Gasteiger partial charge in [-0.1, -0.05) is 6.07 Å². The van der Waals surface area contributed by atoms with Crippen molar-refractivity contribution in [2.45, 2.75) is 39.2 Å². The fraction of sp³-hybridized carbons (Fsp3) is 0.467. The zero-order valence-electron chi connectivity index (χ0n) is 11.4. The summed E-state index contributed by atoms with van der Waals surface area (Å²) in [5.41, 5.74) is 3.25. The van der Waals surface area contributed by atoms with Crippen LogP contribution in [-0.4, -0.2) is 20.6 Å². The SMILES string of the molecule is Cc1ccc2c(c1)nc(C1CC1C(=O)O)n2C(C)C. The molecule has 0 saturated heterocycles. The molecule has 0 radical (unpaired) electrons. The standard InChI is InChI=1S/C15H18N2O2/c1-8(2)17-13-5-4-9(3)6-12(13)16-14(17)10-7-11(10)15(18)19/h4-6,8,10-11H,7H2,1-3H3,(H,18,19). The van der Waals surface area contributed by atoms with Crippen LogP contribution in [0.25, 0.3) is 11.0 Å². The second-order valence-corrected chi connectivity index (χ2v) is 5.71. The third kappa shape index (κ3) is 1.91. The zero-order chi connectivity index (χ0) is 13.7. The van der Waals surface area contributed by atoms with Gasteiger partial charge in [-0.2, -0.15) is 0 Å². The summed E-state index contributed by atoms with van der Waals surface area (Å²) in [4.78, 5) is 15.7. The summed E-state index contributed by atoms with van der Waals surface area (Å²) in [6, 6.07) is 6.52. The molecule has 2 atom stereocenters. The van der Waals surface area contributed by atoms with Crippen LogP contribution in [0.1, 0.15) is 43.6 Å². The molecule has 4 nitrogen and oxygen atoms in total. The average Bonchev–Trinajstić information content (AvgIpc) is 3.03. The molecule has 1 N–H and O–H groups in total. The monoisotopic (exact) mass is 258 g/mol. The van der Waals surface area contributed by atoms with Crippen LogP contribution in [-0.2, 0) is 4.79 Å². The molecule has 19 heavy (non-hydrogen) atoms. The van der Waals surface area contributed by atoms with Crippen molar-refractivity contribution in [2.24, 2.45) is 5.92 Å². The molecule has 4 heteroatoms. The Kier molecular flexibility index (Phi) is 2.62. The molecule has 0 aliphatic heterocycles. The maximum Gasteiger partial charge on any atom is 0.307 e. The van der Waals surface area contributed by atoms with Gasteiger partial charge < -0.3 is 9.67 Å². The predicted octanol–water partition coefficient (Wildman–Crippen LogP) is 3.11. The second-order valence-electron chi connectivity index (χ2n) is 5.71. The molecule has 1 saturated carbocycles. The number of benzene rings is 1. The first kappa shape index (κ1) is 12.2. The molecule has 0 spiro atoms. The van der Waals surface area contributed by atoms with Crippen LogP contribution in [0, 0.1) is 12.8 Å². The molecule has 2 aromatic rings. The molecule has 1 aromatic carbocycles. The molecule has 2 unspecified atom stereocenters. The lowest BCUT2D eigenvalue weighted by atomic mass is 10.2. The van der Waals surface area contributed by atoms with Crippen molar-refractivity contribution < 1.29 is 9.90 Å². The van der Waals surface area contributed by atoms with Crippen LogP contribution in [0.3, 0.4) is 0 Å². The highest BCUT2D eigenvalue weighted by atomic mass is 16.4. The molecular formula is C15H18N2O2. The number of hydrogen-bond donors (Lipinski definition) is 1. The van der Waals surface area contributed by atoms with E-state index >= 15 is 0 Å². The molecular weight excluding hydrogens is 240 g/mol. The van der Waals surface area contributed by atoms with Crippen LogP contribution in [0.2, 0.25) is 0 Å². The quantitative estimate of drug-likeness (QED) is 0.920. The molecule has 0 bridgehead atoms. The number of carbonyl (C=O) groups is 1. The summed E-state index contributed by atoms with van der Waals surface area (Å²) < 4.78 is 2.18. The van der Waals surface area contributed by atoms with Crippen LogP contribution in [0.5, 0.6) is 0 Å². The number of aromatic nitrogens is 2. The minimum Gasteiger partial charge on any atom is -0.481 e. The molecule has 100 valence electrons. The number of nitrogens with zero attached hydrogens (tertiary/aromatic N) is 2. The van der Waals surface area contributed by atoms with Crippen molar-refractivity contribution in [2.75, 3.05) is 0 Å². The van der Waals surface area contributed by atoms with Gasteiger partial charge in [-0.3, -0.25) is 4.79 Å².